The first-order chi connectivity index (χ1) is 14.8. The van der Waals surface area contributed by atoms with E-state index in [0.29, 0.717) is 22.5 Å². The van der Waals surface area contributed by atoms with Crippen LogP contribution in [-0.4, -0.2) is 33.9 Å². The summed E-state index contributed by atoms with van der Waals surface area (Å²) in [7, 11) is -2.25. The molecule has 7 nitrogen and oxygen atoms in total. The first kappa shape index (κ1) is 22.0. The number of anilines is 2. The van der Waals surface area contributed by atoms with Gasteiger partial charge in [-0.3, -0.25) is 9.10 Å². The number of benzene rings is 3. The van der Waals surface area contributed by atoms with E-state index in [9.17, 15) is 18.0 Å². The van der Waals surface area contributed by atoms with Crippen LogP contribution in [0.3, 0.4) is 0 Å². The van der Waals surface area contributed by atoms with Gasteiger partial charge in [0, 0.05) is 18.3 Å². The first-order valence-electron chi connectivity index (χ1n) is 9.55. The van der Waals surface area contributed by atoms with Crippen molar-refractivity contribution in [2.24, 2.45) is 0 Å². The zero-order chi connectivity index (χ0) is 22.4. The van der Waals surface area contributed by atoms with Crippen LogP contribution in [0.1, 0.15) is 27.6 Å². The van der Waals surface area contributed by atoms with Crippen molar-refractivity contribution in [3.05, 3.63) is 90.0 Å². The summed E-state index contributed by atoms with van der Waals surface area (Å²) in [6.07, 6.45) is 0. The van der Waals surface area contributed by atoms with Crippen molar-refractivity contribution in [2.45, 2.75) is 11.8 Å². The van der Waals surface area contributed by atoms with Crippen LogP contribution in [0, 0.1) is 0 Å². The fourth-order valence-electron chi connectivity index (χ4n) is 2.85. The zero-order valence-electron chi connectivity index (χ0n) is 17.1. The minimum absolute atomic E-state index is 0.181. The molecule has 0 aliphatic carbocycles. The van der Waals surface area contributed by atoms with E-state index in [2.05, 4.69) is 5.32 Å². The molecular weight excluding hydrogens is 416 g/mol. The summed E-state index contributed by atoms with van der Waals surface area (Å²) >= 11 is 0. The molecule has 0 aromatic heterocycles. The van der Waals surface area contributed by atoms with Crippen molar-refractivity contribution in [3.8, 4) is 0 Å². The Morgan fingerprint density at radius 3 is 2.23 bits per heavy atom. The molecule has 0 saturated carbocycles. The average Bonchev–Trinajstić information content (AvgIpc) is 2.79. The highest BCUT2D eigenvalue weighted by atomic mass is 32.2. The zero-order valence-corrected chi connectivity index (χ0v) is 17.9. The van der Waals surface area contributed by atoms with Gasteiger partial charge in [-0.1, -0.05) is 24.3 Å². The van der Waals surface area contributed by atoms with Crippen molar-refractivity contribution < 1.29 is 22.7 Å². The lowest BCUT2D eigenvalue weighted by Gasteiger charge is -2.19. The maximum atomic E-state index is 12.7. The number of esters is 1. The predicted octanol–water partition coefficient (Wildman–Crippen LogP) is 3.94. The molecule has 3 rings (SSSR count). The predicted molar refractivity (Wildman–Crippen MR) is 119 cm³/mol. The molecule has 0 bridgehead atoms. The normalized spacial score (nSPS) is 10.9. The van der Waals surface area contributed by atoms with Crippen molar-refractivity contribution in [1.29, 1.82) is 0 Å². The Kier molecular flexibility index (Phi) is 6.71. The molecule has 8 heteroatoms. The van der Waals surface area contributed by atoms with E-state index >= 15 is 0 Å². The van der Waals surface area contributed by atoms with Crippen molar-refractivity contribution in [2.75, 3.05) is 23.3 Å². The number of carbonyl (C=O) groups is 2. The van der Waals surface area contributed by atoms with Crippen LogP contribution in [0.5, 0.6) is 0 Å². The van der Waals surface area contributed by atoms with E-state index < -0.39 is 16.0 Å². The SMILES string of the molecule is CCOC(=O)c1cccc(NC(=O)c2ccc(N(C)S(=O)(=O)c3ccccc3)cc2)c1. The summed E-state index contributed by atoms with van der Waals surface area (Å²) < 4.78 is 31.6. The summed E-state index contributed by atoms with van der Waals surface area (Å²) in [5.41, 5.74) is 1.55. The van der Waals surface area contributed by atoms with E-state index in [1.54, 1.807) is 55.5 Å². The number of nitrogens with zero attached hydrogens (tertiary/aromatic N) is 1. The van der Waals surface area contributed by atoms with E-state index in [4.69, 9.17) is 4.74 Å². The Morgan fingerprint density at radius 1 is 0.903 bits per heavy atom. The maximum absolute atomic E-state index is 12.7. The van der Waals surface area contributed by atoms with Gasteiger partial charge in [0.15, 0.2) is 0 Å². The second kappa shape index (κ2) is 9.44. The summed E-state index contributed by atoms with van der Waals surface area (Å²) in [6.45, 7) is 1.98. The highest BCUT2D eigenvalue weighted by molar-refractivity contribution is 7.92. The van der Waals surface area contributed by atoms with Gasteiger partial charge in [0.25, 0.3) is 15.9 Å². The standard InChI is InChI=1S/C23H22N2O5S/c1-3-30-23(27)18-8-7-9-19(16-18)24-22(26)17-12-14-20(15-13-17)25(2)31(28,29)21-10-5-4-6-11-21/h4-16H,3H2,1-2H3,(H,24,26). The van der Waals surface area contributed by atoms with Gasteiger partial charge < -0.3 is 10.1 Å². The van der Waals surface area contributed by atoms with Crippen LogP contribution in [0.25, 0.3) is 0 Å². The maximum Gasteiger partial charge on any atom is 0.338 e. The summed E-state index contributed by atoms with van der Waals surface area (Å²) in [4.78, 5) is 24.6. The fourth-order valence-corrected chi connectivity index (χ4v) is 4.07. The van der Waals surface area contributed by atoms with Crippen LogP contribution in [0.2, 0.25) is 0 Å². The van der Waals surface area contributed by atoms with Crippen LogP contribution < -0.4 is 9.62 Å². The molecule has 31 heavy (non-hydrogen) atoms. The van der Waals surface area contributed by atoms with E-state index in [1.807, 2.05) is 0 Å². The Morgan fingerprint density at radius 2 is 1.58 bits per heavy atom. The molecule has 1 amide bonds. The Labute approximate surface area is 181 Å². The average molecular weight is 439 g/mol. The Balaban J connectivity index is 1.74. The molecule has 0 saturated heterocycles. The lowest BCUT2D eigenvalue weighted by Crippen LogP contribution is -2.26. The largest absolute Gasteiger partial charge is 0.462 e. The highest BCUT2D eigenvalue weighted by Crippen LogP contribution is 2.22. The molecule has 0 fully saturated rings. The van der Waals surface area contributed by atoms with Gasteiger partial charge in [0.2, 0.25) is 0 Å². The Bertz CT molecular complexity index is 1180. The number of carbonyl (C=O) groups excluding carboxylic acids is 2. The molecule has 0 spiro atoms. The molecule has 0 aliphatic heterocycles. The van der Waals surface area contributed by atoms with Crippen molar-refractivity contribution in [3.63, 3.8) is 0 Å². The number of hydrogen-bond donors (Lipinski definition) is 1. The third kappa shape index (κ3) is 5.10. The number of ether oxygens (including phenoxy) is 1. The van der Waals surface area contributed by atoms with E-state index in [-0.39, 0.29) is 17.4 Å². The minimum Gasteiger partial charge on any atom is -0.462 e. The number of amides is 1. The smallest absolute Gasteiger partial charge is 0.338 e. The van der Waals surface area contributed by atoms with Crippen molar-refractivity contribution in [1.82, 2.24) is 0 Å². The van der Waals surface area contributed by atoms with Gasteiger partial charge in [-0.15, -0.1) is 0 Å². The molecule has 0 atom stereocenters. The number of rotatable bonds is 7. The monoisotopic (exact) mass is 438 g/mol. The van der Waals surface area contributed by atoms with Crippen LogP contribution >= 0.6 is 0 Å². The molecule has 3 aromatic carbocycles. The number of sulfonamides is 1. The first-order valence-corrected chi connectivity index (χ1v) is 11.0. The molecule has 0 radical (unpaired) electrons. The lowest BCUT2D eigenvalue weighted by molar-refractivity contribution is 0.0526. The summed E-state index contributed by atoms with van der Waals surface area (Å²) in [5, 5.41) is 2.72. The van der Waals surface area contributed by atoms with Gasteiger partial charge in [-0.05, 0) is 61.5 Å². The van der Waals surface area contributed by atoms with Crippen LogP contribution in [-0.2, 0) is 14.8 Å². The Hall–Kier alpha value is -3.65. The molecule has 0 heterocycles. The molecule has 160 valence electrons. The molecule has 0 aliphatic rings. The number of nitrogens with one attached hydrogen (secondary N) is 1. The van der Waals surface area contributed by atoms with Crippen molar-refractivity contribution >= 4 is 33.3 Å². The van der Waals surface area contributed by atoms with Gasteiger partial charge in [-0.25, -0.2) is 13.2 Å². The van der Waals surface area contributed by atoms with Gasteiger partial charge in [-0.2, -0.15) is 0 Å². The highest BCUT2D eigenvalue weighted by Gasteiger charge is 2.21. The topological polar surface area (TPSA) is 92.8 Å². The van der Waals surface area contributed by atoms with Gasteiger partial charge in [0.1, 0.15) is 0 Å². The summed E-state index contributed by atoms with van der Waals surface area (Å²) in [6, 6.07) is 20.8. The fraction of sp³-hybridized carbons (Fsp3) is 0.130. The van der Waals surface area contributed by atoms with E-state index in [0.717, 1.165) is 4.31 Å². The lowest BCUT2D eigenvalue weighted by atomic mass is 10.1. The summed E-state index contributed by atoms with van der Waals surface area (Å²) in [5.74, 6) is -0.855. The van der Waals surface area contributed by atoms with Crippen LogP contribution in [0.4, 0.5) is 11.4 Å². The molecular formula is C23H22N2O5S. The van der Waals surface area contributed by atoms with Gasteiger partial charge in [0.05, 0.1) is 22.8 Å². The van der Waals surface area contributed by atoms with Gasteiger partial charge >= 0.3 is 5.97 Å². The second-order valence-corrected chi connectivity index (χ2v) is 8.56. The molecule has 3 aromatic rings. The number of hydrogen-bond acceptors (Lipinski definition) is 5. The quantitative estimate of drug-likeness (QED) is 0.564. The second-order valence-electron chi connectivity index (χ2n) is 6.59. The molecule has 1 N–H and O–H groups in total. The molecule has 0 unspecified atom stereocenters. The van der Waals surface area contributed by atoms with Crippen LogP contribution in [0.15, 0.2) is 83.8 Å². The third-order valence-corrected chi connectivity index (χ3v) is 6.33. The minimum atomic E-state index is -3.70. The van der Waals surface area contributed by atoms with E-state index in [1.165, 1.54) is 37.4 Å². The third-order valence-electron chi connectivity index (χ3n) is 4.53.